The van der Waals surface area contributed by atoms with E-state index >= 15 is 0 Å². The molecule has 0 bridgehead atoms. The molecule has 2 rings (SSSR count). The number of allylic oxidation sites excluding steroid dienone is 3. The van der Waals surface area contributed by atoms with Crippen molar-refractivity contribution in [3.8, 4) is 17.2 Å². The van der Waals surface area contributed by atoms with E-state index in [0.717, 1.165) is 12.0 Å². The van der Waals surface area contributed by atoms with E-state index < -0.39 is 16.8 Å². The maximum atomic E-state index is 13.5. The van der Waals surface area contributed by atoms with Gasteiger partial charge in [0.05, 0.1) is 23.0 Å². The Morgan fingerprint density at radius 2 is 1.32 bits per heavy atom. The van der Waals surface area contributed by atoms with Crippen molar-refractivity contribution in [1.29, 1.82) is 0 Å². The molecule has 0 amide bonds. The summed E-state index contributed by atoms with van der Waals surface area (Å²) in [6.45, 7) is 16.3. The molecule has 2 aromatic rings. The Morgan fingerprint density at radius 1 is 0.727 bits per heavy atom. The van der Waals surface area contributed by atoms with Crippen molar-refractivity contribution in [2.45, 2.75) is 68.7 Å². The Kier molecular flexibility index (Phi) is 13.4. The highest BCUT2D eigenvalue weighted by molar-refractivity contribution is 6.09. The maximum Gasteiger partial charge on any atom is 0.314 e. The summed E-state index contributed by atoms with van der Waals surface area (Å²) in [4.78, 5) is 37.8. The number of rotatable bonds is 14. The number of carbonyl (C=O) groups is 3. The first-order valence-corrected chi connectivity index (χ1v) is 14.7. The lowest BCUT2D eigenvalue weighted by Gasteiger charge is -2.19. The lowest BCUT2D eigenvalue weighted by molar-refractivity contribution is -0.160. The smallest absolute Gasteiger partial charge is 0.314 e. The number of esters is 2. The zero-order valence-electron chi connectivity index (χ0n) is 27.4. The van der Waals surface area contributed by atoms with Crippen molar-refractivity contribution in [2.24, 2.45) is 10.8 Å². The number of ketones is 1. The van der Waals surface area contributed by atoms with Gasteiger partial charge >= 0.3 is 11.9 Å². The third kappa shape index (κ3) is 10.7. The minimum atomic E-state index is -0.675. The van der Waals surface area contributed by atoms with Crippen LogP contribution < -0.4 is 14.2 Å². The van der Waals surface area contributed by atoms with Gasteiger partial charge in [-0.2, -0.15) is 0 Å². The number of benzene rings is 2. The summed E-state index contributed by atoms with van der Waals surface area (Å²) in [5, 5.41) is 0. The molecule has 0 N–H and O–H groups in total. The minimum absolute atomic E-state index is 0.241. The molecule has 0 saturated carbocycles. The van der Waals surface area contributed by atoms with Crippen molar-refractivity contribution < 1.29 is 38.1 Å². The van der Waals surface area contributed by atoms with Gasteiger partial charge < -0.3 is 23.7 Å². The summed E-state index contributed by atoms with van der Waals surface area (Å²) in [6.07, 6.45) is 11.3. The quantitative estimate of drug-likeness (QED) is 0.0917. The average Bonchev–Trinajstić information content (AvgIpc) is 2.95. The molecule has 0 aliphatic rings. The summed E-state index contributed by atoms with van der Waals surface area (Å²) < 4.78 is 28.1. The Labute approximate surface area is 261 Å². The molecule has 44 heavy (non-hydrogen) atoms. The molecule has 0 spiro atoms. The Bertz CT molecular complexity index is 1380. The summed E-state index contributed by atoms with van der Waals surface area (Å²) >= 11 is 0. The molecule has 0 aromatic heterocycles. The van der Waals surface area contributed by atoms with E-state index in [4.69, 9.17) is 23.7 Å². The van der Waals surface area contributed by atoms with Crippen LogP contribution in [0.5, 0.6) is 17.2 Å². The number of carbonyl (C=O) groups excluding carboxylic acids is 3. The average molecular weight is 607 g/mol. The normalized spacial score (nSPS) is 12.1. The van der Waals surface area contributed by atoms with Crippen LogP contribution in [-0.4, -0.2) is 37.9 Å². The third-order valence-electron chi connectivity index (χ3n) is 6.06. The second-order valence-corrected chi connectivity index (χ2v) is 12.1. The van der Waals surface area contributed by atoms with Gasteiger partial charge in [-0.25, -0.2) is 0 Å². The summed E-state index contributed by atoms with van der Waals surface area (Å²) in [6, 6.07) is 8.64. The minimum Gasteiger partial charge on any atom is -0.492 e. The van der Waals surface area contributed by atoms with Gasteiger partial charge in [-0.3, -0.25) is 14.4 Å². The zero-order chi connectivity index (χ0) is 32.9. The fraction of sp³-hybridized carbons (Fsp3) is 0.417. The zero-order valence-corrected chi connectivity index (χ0v) is 27.4. The Hall–Kier alpha value is -4.33. The van der Waals surface area contributed by atoms with E-state index in [2.05, 4.69) is 0 Å². The lowest BCUT2D eigenvalue weighted by Crippen LogP contribution is -2.24. The van der Waals surface area contributed by atoms with Crippen LogP contribution >= 0.6 is 0 Å². The summed E-state index contributed by atoms with van der Waals surface area (Å²) in [5.41, 5.74) is 1.12. The highest BCUT2D eigenvalue weighted by Gasteiger charge is 2.24. The maximum absolute atomic E-state index is 13.5. The van der Waals surface area contributed by atoms with E-state index in [9.17, 15) is 14.4 Å². The van der Waals surface area contributed by atoms with Crippen LogP contribution in [0.1, 0.15) is 95.8 Å². The van der Waals surface area contributed by atoms with Crippen LogP contribution in [0.2, 0.25) is 0 Å². The van der Waals surface area contributed by atoms with Crippen LogP contribution in [0.15, 0.2) is 48.6 Å². The van der Waals surface area contributed by atoms with E-state index in [-0.39, 0.29) is 25.3 Å². The highest BCUT2D eigenvalue weighted by atomic mass is 16.7. The predicted octanol–water partition coefficient (Wildman–Crippen LogP) is 8.29. The van der Waals surface area contributed by atoms with Crippen molar-refractivity contribution >= 4 is 35.9 Å². The number of hydrogen-bond acceptors (Lipinski definition) is 8. The fourth-order valence-electron chi connectivity index (χ4n) is 3.71. The predicted molar refractivity (Wildman–Crippen MR) is 174 cm³/mol. The topological polar surface area (TPSA) is 97.4 Å². The van der Waals surface area contributed by atoms with E-state index in [1.165, 1.54) is 6.08 Å². The molecule has 8 nitrogen and oxygen atoms in total. The first kappa shape index (κ1) is 35.9. The van der Waals surface area contributed by atoms with Crippen LogP contribution in [0, 0.1) is 10.8 Å². The van der Waals surface area contributed by atoms with Crippen LogP contribution in [0.4, 0.5) is 0 Å². The lowest BCUT2D eigenvalue weighted by atomic mass is 9.97. The van der Waals surface area contributed by atoms with Gasteiger partial charge in [-0.1, -0.05) is 31.2 Å². The second-order valence-electron chi connectivity index (χ2n) is 12.1. The van der Waals surface area contributed by atoms with Gasteiger partial charge in [0.2, 0.25) is 13.6 Å². The molecule has 0 radical (unpaired) electrons. The van der Waals surface area contributed by atoms with E-state index in [1.54, 1.807) is 78.0 Å². The first-order chi connectivity index (χ1) is 20.7. The molecule has 0 atom stereocenters. The molecule has 238 valence electrons. The molecule has 0 heterocycles. The molecule has 0 saturated heterocycles. The molecular weight excluding hydrogens is 560 g/mol. The molecule has 0 aliphatic heterocycles. The Morgan fingerprint density at radius 3 is 1.89 bits per heavy atom. The van der Waals surface area contributed by atoms with Gasteiger partial charge in [0.15, 0.2) is 5.78 Å². The van der Waals surface area contributed by atoms with Crippen LogP contribution in [0.25, 0.3) is 18.2 Å². The molecular formula is C36H46O8. The summed E-state index contributed by atoms with van der Waals surface area (Å²) in [7, 11) is 0. The molecule has 2 aromatic carbocycles. The number of hydrogen-bond donors (Lipinski definition) is 0. The van der Waals surface area contributed by atoms with Crippen molar-refractivity contribution in [2.75, 3.05) is 20.2 Å². The van der Waals surface area contributed by atoms with Gasteiger partial charge in [-0.05, 0) is 110 Å². The van der Waals surface area contributed by atoms with Crippen molar-refractivity contribution in [3.63, 3.8) is 0 Å². The van der Waals surface area contributed by atoms with Gasteiger partial charge in [-0.15, -0.1) is 0 Å². The van der Waals surface area contributed by atoms with E-state index in [1.807, 2.05) is 45.1 Å². The Balaban J connectivity index is 2.41. The summed E-state index contributed by atoms with van der Waals surface area (Å²) in [5.74, 6) is 0.379. The largest absolute Gasteiger partial charge is 0.492 e. The first-order valence-electron chi connectivity index (χ1n) is 14.7. The SMILES string of the molecule is C/C=C/c1cc(OCOC(=O)C(C)(C)C)ccc1C(=O)/C=C/c1c(OCOC(=O)C(C)(C)C)ccc(/C=C/C)c1OCCC. The molecule has 0 aliphatic carbocycles. The molecule has 0 unspecified atom stereocenters. The van der Waals surface area contributed by atoms with Crippen LogP contribution in [-0.2, 0) is 19.1 Å². The standard InChI is InChI=1S/C36H46O8/c1-10-13-25-15-20-31(42-24-44-34(39)36(7,8)9)29(32(25)40-21-12-3)18-19-30(37)28-17-16-27(22-26(28)14-11-2)41-23-43-33(38)35(4,5)6/h10-11,13-20,22H,12,21,23-24H2,1-9H3/b13-10+,14-11+,19-18+. The van der Waals surface area contributed by atoms with E-state index in [0.29, 0.717) is 40.5 Å². The highest BCUT2D eigenvalue weighted by Crippen LogP contribution is 2.35. The van der Waals surface area contributed by atoms with Crippen LogP contribution in [0.3, 0.4) is 0 Å². The second kappa shape index (κ2) is 16.5. The van der Waals surface area contributed by atoms with Gasteiger partial charge in [0.25, 0.3) is 0 Å². The molecule has 0 fully saturated rings. The fourth-order valence-corrected chi connectivity index (χ4v) is 3.71. The van der Waals surface area contributed by atoms with Crippen molar-refractivity contribution in [3.05, 3.63) is 70.8 Å². The number of ether oxygens (including phenoxy) is 5. The third-order valence-corrected chi connectivity index (χ3v) is 6.06. The van der Waals surface area contributed by atoms with Crippen molar-refractivity contribution in [1.82, 2.24) is 0 Å². The van der Waals surface area contributed by atoms with Gasteiger partial charge in [0.1, 0.15) is 17.2 Å². The monoisotopic (exact) mass is 606 g/mol. The van der Waals surface area contributed by atoms with Gasteiger partial charge in [0, 0.05) is 11.1 Å². The molecule has 8 heteroatoms.